The average molecular weight is 290 g/mol. The van der Waals surface area contributed by atoms with E-state index in [1.165, 1.54) is 17.1 Å². The molecule has 1 aromatic rings. The Morgan fingerprint density at radius 3 is 2.33 bits per heavy atom. The lowest BCUT2D eigenvalue weighted by molar-refractivity contribution is 0.335. The summed E-state index contributed by atoms with van der Waals surface area (Å²) in [6.07, 6.45) is 6.39. The van der Waals surface area contributed by atoms with Crippen molar-refractivity contribution < 1.29 is 8.42 Å². The third-order valence-electron chi connectivity index (χ3n) is 3.36. The van der Waals surface area contributed by atoms with E-state index in [1.54, 1.807) is 7.05 Å². The fourth-order valence-electron chi connectivity index (χ4n) is 2.27. The fraction of sp³-hybridized carbons (Fsp3) is 0.800. The molecule has 1 fully saturated rings. The summed E-state index contributed by atoms with van der Waals surface area (Å²) in [5.41, 5.74) is 5.44. The molecule has 1 aliphatic carbocycles. The van der Waals surface area contributed by atoms with Crippen LogP contribution in [0.25, 0.3) is 0 Å². The first kappa shape index (κ1) is 13.7. The summed E-state index contributed by atoms with van der Waals surface area (Å²) in [6, 6.07) is 0.0719. The quantitative estimate of drug-likeness (QED) is 0.851. The molecule has 0 saturated heterocycles. The average Bonchev–Trinajstić information content (AvgIpc) is 2.63. The second kappa shape index (κ2) is 5.50. The Kier molecular flexibility index (Phi) is 4.18. The molecule has 1 heterocycles. The lowest BCUT2D eigenvalue weighted by Crippen LogP contribution is -2.36. The van der Waals surface area contributed by atoms with Gasteiger partial charge in [-0.25, -0.2) is 8.42 Å². The lowest BCUT2D eigenvalue weighted by atomic mass is 10.1. The van der Waals surface area contributed by atoms with Gasteiger partial charge in [-0.05, 0) is 12.8 Å². The summed E-state index contributed by atoms with van der Waals surface area (Å²) in [6.45, 7) is 0. The van der Waals surface area contributed by atoms with Crippen LogP contribution in [0.15, 0.2) is 4.34 Å². The predicted molar refractivity (Wildman–Crippen MR) is 70.8 cm³/mol. The van der Waals surface area contributed by atoms with E-state index in [-0.39, 0.29) is 15.5 Å². The van der Waals surface area contributed by atoms with Crippen LogP contribution < -0.4 is 5.73 Å². The zero-order valence-electron chi connectivity index (χ0n) is 10.4. The number of sulfonamides is 1. The molecule has 0 radical (unpaired) electrons. The highest BCUT2D eigenvalue weighted by atomic mass is 32.2. The maximum atomic E-state index is 12.3. The summed E-state index contributed by atoms with van der Waals surface area (Å²) in [5.74, 6) is 0. The number of hydrogen-bond acceptors (Lipinski definition) is 6. The Balaban J connectivity index is 2.18. The minimum Gasteiger partial charge on any atom is -0.374 e. The van der Waals surface area contributed by atoms with E-state index in [2.05, 4.69) is 10.2 Å². The molecule has 1 aromatic heterocycles. The van der Waals surface area contributed by atoms with E-state index in [4.69, 9.17) is 5.73 Å². The molecule has 0 aromatic carbocycles. The predicted octanol–water partition coefficient (Wildman–Crippen LogP) is 1.46. The lowest BCUT2D eigenvalue weighted by Gasteiger charge is -2.24. The van der Waals surface area contributed by atoms with Crippen LogP contribution in [0.1, 0.15) is 38.5 Å². The van der Waals surface area contributed by atoms with Crippen LogP contribution in [-0.4, -0.2) is 36.0 Å². The molecule has 0 amide bonds. The van der Waals surface area contributed by atoms with Gasteiger partial charge in [-0.15, -0.1) is 10.2 Å². The van der Waals surface area contributed by atoms with Crippen LogP contribution in [0.5, 0.6) is 0 Å². The summed E-state index contributed by atoms with van der Waals surface area (Å²) in [7, 11) is -1.91. The van der Waals surface area contributed by atoms with Gasteiger partial charge >= 0.3 is 0 Å². The third-order valence-corrected chi connectivity index (χ3v) is 6.37. The van der Waals surface area contributed by atoms with E-state index in [0.29, 0.717) is 0 Å². The number of hydrogen-bond donors (Lipinski definition) is 1. The summed E-state index contributed by atoms with van der Waals surface area (Å²) < 4.78 is 26.1. The van der Waals surface area contributed by atoms with Crippen LogP contribution >= 0.6 is 11.3 Å². The van der Waals surface area contributed by atoms with Crippen molar-refractivity contribution in [2.45, 2.75) is 48.9 Å². The number of nitrogen functional groups attached to an aromatic ring is 1. The van der Waals surface area contributed by atoms with E-state index < -0.39 is 10.0 Å². The molecule has 2 N–H and O–H groups in total. The Morgan fingerprint density at radius 1 is 1.22 bits per heavy atom. The first-order chi connectivity index (χ1) is 8.51. The maximum Gasteiger partial charge on any atom is 0.272 e. The van der Waals surface area contributed by atoms with Crippen molar-refractivity contribution >= 4 is 26.5 Å². The standard InChI is InChI=1S/C10H18N4O2S2/c1-14(8-6-4-2-3-5-7-8)18(15,16)10-13-12-9(11)17-10/h8H,2-7H2,1H3,(H2,11,12). The Hall–Kier alpha value is -0.730. The first-order valence-electron chi connectivity index (χ1n) is 6.09. The molecule has 0 atom stereocenters. The molecule has 0 aliphatic heterocycles. The highest BCUT2D eigenvalue weighted by Crippen LogP contribution is 2.27. The number of nitrogens with zero attached hydrogens (tertiary/aromatic N) is 3. The molecule has 0 unspecified atom stereocenters. The molecule has 1 aliphatic rings. The second-order valence-corrected chi connectivity index (χ2v) is 7.75. The van der Waals surface area contributed by atoms with Gasteiger partial charge in [0.2, 0.25) is 9.47 Å². The first-order valence-corrected chi connectivity index (χ1v) is 8.34. The smallest absolute Gasteiger partial charge is 0.272 e. The monoisotopic (exact) mass is 290 g/mol. The molecule has 2 rings (SSSR count). The molecule has 0 bridgehead atoms. The van der Waals surface area contributed by atoms with Crippen LogP contribution in [0.4, 0.5) is 5.13 Å². The van der Waals surface area contributed by atoms with E-state index >= 15 is 0 Å². The molecule has 1 saturated carbocycles. The summed E-state index contributed by atoms with van der Waals surface area (Å²) in [4.78, 5) is 0. The number of aromatic nitrogens is 2. The Labute approximate surface area is 111 Å². The minimum atomic E-state index is -3.54. The van der Waals surface area contributed by atoms with Crippen LogP contribution in [0, 0.1) is 0 Å². The van der Waals surface area contributed by atoms with Crippen molar-refractivity contribution in [3.05, 3.63) is 0 Å². The van der Waals surface area contributed by atoms with Gasteiger partial charge in [-0.3, -0.25) is 0 Å². The van der Waals surface area contributed by atoms with E-state index in [9.17, 15) is 8.42 Å². The van der Waals surface area contributed by atoms with Gasteiger partial charge in [-0.2, -0.15) is 4.31 Å². The number of nitrogens with two attached hydrogens (primary N) is 1. The van der Waals surface area contributed by atoms with E-state index in [0.717, 1.165) is 37.0 Å². The maximum absolute atomic E-state index is 12.3. The van der Waals surface area contributed by atoms with Gasteiger partial charge in [-0.1, -0.05) is 37.0 Å². The van der Waals surface area contributed by atoms with Crippen LogP contribution in [0.2, 0.25) is 0 Å². The molecular formula is C10H18N4O2S2. The third kappa shape index (κ3) is 2.81. The topological polar surface area (TPSA) is 89.2 Å². The zero-order valence-corrected chi connectivity index (χ0v) is 12.0. The van der Waals surface area contributed by atoms with Crippen molar-refractivity contribution in [1.29, 1.82) is 0 Å². The molecular weight excluding hydrogens is 272 g/mol. The van der Waals surface area contributed by atoms with Gasteiger partial charge < -0.3 is 5.73 Å². The summed E-state index contributed by atoms with van der Waals surface area (Å²) in [5, 5.41) is 7.39. The second-order valence-electron chi connectivity index (χ2n) is 4.57. The van der Waals surface area contributed by atoms with Gasteiger partial charge in [0.25, 0.3) is 10.0 Å². The molecule has 8 heteroatoms. The number of anilines is 1. The van der Waals surface area contributed by atoms with Crippen LogP contribution in [-0.2, 0) is 10.0 Å². The molecule has 18 heavy (non-hydrogen) atoms. The normalized spacial score (nSPS) is 19.0. The summed E-state index contributed by atoms with van der Waals surface area (Å²) >= 11 is 0.918. The largest absolute Gasteiger partial charge is 0.374 e. The Bertz CT molecular complexity index is 492. The van der Waals surface area contributed by atoms with Crippen molar-refractivity contribution in [1.82, 2.24) is 14.5 Å². The number of rotatable bonds is 3. The zero-order chi connectivity index (χ0) is 13.2. The fourth-order valence-corrected chi connectivity index (χ4v) is 4.63. The van der Waals surface area contributed by atoms with Crippen molar-refractivity contribution in [3.63, 3.8) is 0 Å². The van der Waals surface area contributed by atoms with Crippen molar-refractivity contribution in [2.75, 3.05) is 12.8 Å². The molecule has 6 nitrogen and oxygen atoms in total. The Morgan fingerprint density at radius 2 is 1.83 bits per heavy atom. The van der Waals surface area contributed by atoms with E-state index in [1.807, 2.05) is 0 Å². The molecule has 102 valence electrons. The van der Waals surface area contributed by atoms with Crippen molar-refractivity contribution in [2.24, 2.45) is 0 Å². The highest BCUT2D eigenvalue weighted by Gasteiger charge is 2.31. The highest BCUT2D eigenvalue weighted by molar-refractivity contribution is 7.91. The van der Waals surface area contributed by atoms with Gasteiger partial charge in [0, 0.05) is 13.1 Å². The SMILES string of the molecule is CN(C1CCCCCC1)S(=O)(=O)c1nnc(N)s1. The van der Waals surface area contributed by atoms with Gasteiger partial charge in [0.1, 0.15) is 0 Å². The van der Waals surface area contributed by atoms with Crippen molar-refractivity contribution in [3.8, 4) is 0 Å². The van der Waals surface area contributed by atoms with Crippen LogP contribution in [0.3, 0.4) is 0 Å². The minimum absolute atomic E-state index is 0.00764. The molecule has 0 spiro atoms. The van der Waals surface area contributed by atoms with Gasteiger partial charge in [0.15, 0.2) is 0 Å². The van der Waals surface area contributed by atoms with Gasteiger partial charge in [0.05, 0.1) is 0 Å².